The molecule has 1 fully saturated rings. The fourth-order valence-corrected chi connectivity index (χ4v) is 2.73. The summed E-state index contributed by atoms with van der Waals surface area (Å²) in [5.41, 5.74) is 0.709. The highest BCUT2D eigenvalue weighted by atomic mass is 35.5. The highest BCUT2D eigenvalue weighted by Gasteiger charge is 2.34. The van der Waals surface area contributed by atoms with Crippen molar-refractivity contribution in [2.24, 2.45) is 0 Å². The molecule has 1 aliphatic heterocycles. The number of aliphatic hydroxyl groups excluding tert-OH is 1. The molecule has 2 atom stereocenters. The largest absolute Gasteiger partial charge is 0.386 e. The highest BCUT2D eigenvalue weighted by molar-refractivity contribution is 6.30. The smallest absolute Gasteiger partial charge is 0.242 e. The van der Waals surface area contributed by atoms with E-state index < -0.39 is 12.1 Å². The molecule has 1 N–H and O–H groups in total. The van der Waals surface area contributed by atoms with Gasteiger partial charge in [0.1, 0.15) is 12.1 Å². The zero-order valence-electron chi connectivity index (χ0n) is 11.9. The highest BCUT2D eigenvalue weighted by Crippen LogP contribution is 2.24. The first kappa shape index (κ1) is 15.3. The molecule has 1 amide bonds. The van der Waals surface area contributed by atoms with Crippen LogP contribution in [-0.2, 0) is 4.79 Å². The molecule has 1 aromatic carbocycles. The van der Waals surface area contributed by atoms with Gasteiger partial charge in [0, 0.05) is 18.1 Å². The number of hydrogen-bond acceptors (Lipinski definition) is 3. The second-order valence-corrected chi connectivity index (χ2v) is 5.87. The van der Waals surface area contributed by atoms with Crippen molar-refractivity contribution in [2.45, 2.75) is 25.0 Å². The molecule has 1 aromatic rings. The van der Waals surface area contributed by atoms with Crippen LogP contribution in [0.4, 0.5) is 0 Å². The Labute approximate surface area is 124 Å². The molecular weight excluding hydrogens is 276 g/mol. The number of benzene rings is 1. The lowest BCUT2D eigenvalue weighted by Gasteiger charge is -2.31. The molecule has 0 radical (unpaired) electrons. The topological polar surface area (TPSA) is 43.8 Å². The molecule has 0 aromatic heterocycles. The van der Waals surface area contributed by atoms with Crippen molar-refractivity contribution < 1.29 is 9.90 Å². The van der Waals surface area contributed by atoms with Gasteiger partial charge in [-0.15, -0.1) is 0 Å². The summed E-state index contributed by atoms with van der Waals surface area (Å²) in [6.45, 7) is 1.58. The Hall–Kier alpha value is -1.10. The summed E-state index contributed by atoms with van der Waals surface area (Å²) in [5, 5.41) is 11.2. The fourth-order valence-electron chi connectivity index (χ4n) is 2.61. The Morgan fingerprint density at radius 1 is 1.25 bits per heavy atom. The normalized spacial score (nSPS) is 18.4. The van der Waals surface area contributed by atoms with Crippen molar-refractivity contribution in [1.82, 2.24) is 9.80 Å². The summed E-state index contributed by atoms with van der Waals surface area (Å²) in [5.74, 6) is -0.00468. The van der Waals surface area contributed by atoms with Gasteiger partial charge in [-0.2, -0.15) is 0 Å². The molecule has 2 rings (SSSR count). The summed E-state index contributed by atoms with van der Waals surface area (Å²) in [6, 6.07) is 6.43. The third kappa shape index (κ3) is 3.32. The Bertz CT molecular complexity index is 455. The van der Waals surface area contributed by atoms with E-state index in [1.165, 1.54) is 0 Å². The fraction of sp³-hybridized carbons (Fsp3) is 0.533. The summed E-state index contributed by atoms with van der Waals surface area (Å²) in [7, 11) is 3.63. The van der Waals surface area contributed by atoms with E-state index in [4.69, 9.17) is 11.6 Å². The molecule has 0 aliphatic carbocycles. The van der Waals surface area contributed by atoms with Crippen LogP contribution in [-0.4, -0.2) is 54.0 Å². The van der Waals surface area contributed by atoms with Crippen LogP contribution >= 0.6 is 11.6 Å². The first-order valence-electron chi connectivity index (χ1n) is 6.89. The Balaban J connectivity index is 2.18. The maximum atomic E-state index is 12.6. The van der Waals surface area contributed by atoms with E-state index >= 15 is 0 Å². The number of amides is 1. The minimum absolute atomic E-state index is 0.00468. The average molecular weight is 297 g/mol. The third-order valence-corrected chi connectivity index (χ3v) is 3.99. The summed E-state index contributed by atoms with van der Waals surface area (Å²) >= 11 is 5.86. The van der Waals surface area contributed by atoms with Gasteiger partial charge < -0.3 is 10.0 Å². The second-order valence-electron chi connectivity index (χ2n) is 5.44. The standard InChI is InChI=1S/C15H21ClN2O2/c1-17(2)13(15(20)18-9-3-4-10-18)14(19)11-5-7-12(16)8-6-11/h5-8,13-14,19H,3-4,9-10H2,1-2H3/t13-,14+/m1/s1. The van der Waals surface area contributed by atoms with Crippen LogP contribution in [0.1, 0.15) is 24.5 Å². The van der Waals surface area contributed by atoms with Crippen LogP contribution < -0.4 is 0 Å². The molecule has 0 unspecified atom stereocenters. The summed E-state index contributed by atoms with van der Waals surface area (Å²) in [6.07, 6.45) is 1.24. The first-order valence-corrected chi connectivity index (χ1v) is 7.27. The van der Waals surface area contributed by atoms with Crippen molar-refractivity contribution in [3.63, 3.8) is 0 Å². The maximum Gasteiger partial charge on any atom is 0.242 e. The number of hydrogen-bond donors (Lipinski definition) is 1. The van der Waals surface area contributed by atoms with Gasteiger partial charge in [0.05, 0.1) is 0 Å². The Morgan fingerprint density at radius 3 is 2.30 bits per heavy atom. The average Bonchev–Trinajstić information content (AvgIpc) is 2.93. The number of carbonyl (C=O) groups is 1. The first-order chi connectivity index (χ1) is 9.50. The molecule has 0 spiro atoms. The van der Waals surface area contributed by atoms with Gasteiger partial charge in [0.15, 0.2) is 0 Å². The predicted octanol–water partition coefficient (Wildman–Crippen LogP) is 1.93. The molecule has 4 nitrogen and oxygen atoms in total. The zero-order valence-corrected chi connectivity index (χ0v) is 12.7. The van der Waals surface area contributed by atoms with Crippen LogP contribution in [0, 0.1) is 0 Å². The van der Waals surface area contributed by atoms with E-state index in [-0.39, 0.29) is 5.91 Å². The van der Waals surface area contributed by atoms with Crippen molar-refractivity contribution in [3.8, 4) is 0 Å². The summed E-state index contributed by atoms with van der Waals surface area (Å²) in [4.78, 5) is 16.2. The number of carbonyl (C=O) groups excluding carboxylic acids is 1. The van der Waals surface area contributed by atoms with E-state index in [9.17, 15) is 9.90 Å². The Morgan fingerprint density at radius 2 is 1.80 bits per heavy atom. The zero-order chi connectivity index (χ0) is 14.7. The van der Waals surface area contributed by atoms with Gasteiger partial charge in [0.25, 0.3) is 0 Å². The maximum absolute atomic E-state index is 12.6. The molecule has 20 heavy (non-hydrogen) atoms. The molecule has 110 valence electrons. The summed E-state index contributed by atoms with van der Waals surface area (Å²) < 4.78 is 0. The van der Waals surface area contributed by atoms with Crippen molar-refractivity contribution >= 4 is 17.5 Å². The number of likely N-dealkylation sites (tertiary alicyclic amines) is 1. The van der Waals surface area contributed by atoms with Crippen molar-refractivity contribution in [2.75, 3.05) is 27.2 Å². The monoisotopic (exact) mass is 296 g/mol. The quantitative estimate of drug-likeness (QED) is 0.923. The lowest BCUT2D eigenvalue weighted by Crippen LogP contribution is -2.48. The SMILES string of the molecule is CN(C)[C@@H](C(=O)N1CCCC1)[C@@H](O)c1ccc(Cl)cc1. The van der Waals surface area contributed by atoms with E-state index in [1.807, 2.05) is 19.0 Å². The van der Waals surface area contributed by atoms with Gasteiger partial charge >= 0.3 is 0 Å². The second kappa shape index (κ2) is 6.57. The van der Waals surface area contributed by atoms with Crippen LogP contribution in [0.2, 0.25) is 5.02 Å². The number of halogens is 1. The van der Waals surface area contributed by atoms with E-state index in [1.54, 1.807) is 29.2 Å². The number of aliphatic hydroxyl groups is 1. The van der Waals surface area contributed by atoms with E-state index in [2.05, 4.69) is 0 Å². The van der Waals surface area contributed by atoms with Gasteiger partial charge in [-0.3, -0.25) is 9.69 Å². The molecular formula is C15H21ClN2O2. The van der Waals surface area contributed by atoms with Crippen molar-refractivity contribution in [3.05, 3.63) is 34.9 Å². The lowest BCUT2D eigenvalue weighted by atomic mass is 10.0. The van der Waals surface area contributed by atoms with Gasteiger partial charge in [-0.1, -0.05) is 23.7 Å². The minimum Gasteiger partial charge on any atom is -0.386 e. The number of rotatable bonds is 4. The van der Waals surface area contributed by atoms with Gasteiger partial charge in [-0.05, 0) is 44.6 Å². The van der Waals surface area contributed by atoms with Crippen LogP contribution in [0.25, 0.3) is 0 Å². The van der Waals surface area contributed by atoms with Crippen molar-refractivity contribution in [1.29, 1.82) is 0 Å². The van der Waals surface area contributed by atoms with Crippen LogP contribution in [0.5, 0.6) is 0 Å². The van der Waals surface area contributed by atoms with Crippen LogP contribution in [0.3, 0.4) is 0 Å². The van der Waals surface area contributed by atoms with Gasteiger partial charge in [-0.25, -0.2) is 0 Å². The van der Waals surface area contributed by atoms with E-state index in [0.717, 1.165) is 25.9 Å². The predicted molar refractivity (Wildman–Crippen MR) is 79.7 cm³/mol. The van der Waals surface area contributed by atoms with Gasteiger partial charge in [0.2, 0.25) is 5.91 Å². The number of nitrogens with zero attached hydrogens (tertiary/aromatic N) is 2. The molecule has 0 saturated carbocycles. The molecule has 1 aliphatic rings. The molecule has 5 heteroatoms. The Kier molecular flexibility index (Phi) is 5.02. The molecule has 1 saturated heterocycles. The van der Waals surface area contributed by atoms with Crippen LogP contribution in [0.15, 0.2) is 24.3 Å². The minimum atomic E-state index is -0.852. The molecule has 0 bridgehead atoms. The number of likely N-dealkylation sites (N-methyl/N-ethyl adjacent to an activating group) is 1. The third-order valence-electron chi connectivity index (χ3n) is 3.74. The van der Waals surface area contributed by atoms with E-state index in [0.29, 0.717) is 10.6 Å². The lowest BCUT2D eigenvalue weighted by molar-refractivity contribution is -0.139. The molecule has 1 heterocycles.